The fourth-order valence-corrected chi connectivity index (χ4v) is 2.79. The number of ether oxygens (including phenoxy) is 1. The molecule has 29 heavy (non-hydrogen) atoms. The predicted molar refractivity (Wildman–Crippen MR) is 104 cm³/mol. The first-order valence-electron chi connectivity index (χ1n) is 8.75. The average molecular weight is 394 g/mol. The number of carbonyl (C=O) groups is 4. The minimum absolute atomic E-state index is 0.190. The van der Waals surface area contributed by atoms with Crippen molar-refractivity contribution in [2.75, 3.05) is 4.90 Å². The van der Waals surface area contributed by atoms with Gasteiger partial charge in [0.05, 0.1) is 5.69 Å². The second kappa shape index (κ2) is 7.97. The van der Waals surface area contributed by atoms with E-state index in [1.54, 1.807) is 49.4 Å². The molecular weight excluding hydrogens is 376 g/mol. The van der Waals surface area contributed by atoms with E-state index >= 15 is 0 Å². The van der Waals surface area contributed by atoms with Crippen molar-refractivity contribution in [3.8, 4) is 5.75 Å². The molecule has 0 unspecified atom stereocenters. The van der Waals surface area contributed by atoms with E-state index in [9.17, 15) is 19.2 Å². The number of amides is 4. The Morgan fingerprint density at radius 1 is 1.10 bits per heavy atom. The number of urea groups is 1. The summed E-state index contributed by atoms with van der Waals surface area (Å²) in [4.78, 5) is 49.6. The van der Waals surface area contributed by atoms with Crippen molar-refractivity contribution >= 4 is 35.6 Å². The van der Waals surface area contributed by atoms with Crippen LogP contribution in [-0.4, -0.2) is 35.0 Å². The van der Waals surface area contributed by atoms with E-state index in [1.165, 1.54) is 19.1 Å². The van der Waals surface area contributed by atoms with E-state index in [1.807, 2.05) is 0 Å². The Bertz CT molecular complexity index is 1040. The van der Waals surface area contributed by atoms with E-state index in [2.05, 4.69) is 5.32 Å². The number of carbonyl (C=O) groups excluding carboxylic acids is 3. The van der Waals surface area contributed by atoms with Crippen LogP contribution >= 0.6 is 0 Å². The lowest BCUT2D eigenvalue weighted by Crippen LogP contribution is -2.54. The highest BCUT2D eigenvalue weighted by molar-refractivity contribution is 6.39. The summed E-state index contributed by atoms with van der Waals surface area (Å²) in [6.45, 7) is 3.11. The van der Waals surface area contributed by atoms with Crippen molar-refractivity contribution in [2.45, 2.75) is 20.0 Å². The van der Waals surface area contributed by atoms with E-state index in [0.29, 0.717) is 16.8 Å². The van der Waals surface area contributed by atoms with Gasteiger partial charge in [-0.3, -0.25) is 14.9 Å². The van der Waals surface area contributed by atoms with Crippen molar-refractivity contribution in [3.63, 3.8) is 0 Å². The molecule has 1 atom stereocenters. The van der Waals surface area contributed by atoms with Crippen LogP contribution in [0.1, 0.15) is 18.1 Å². The minimum atomic E-state index is -1.16. The molecule has 2 aromatic carbocycles. The summed E-state index contributed by atoms with van der Waals surface area (Å²) in [5.41, 5.74) is 1.10. The van der Waals surface area contributed by atoms with Crippen LogP contribution in [0.25, 0.3) is 6.08 Å². The zero-order valence-corrected chi connectivity index (χ0v) is 15.7. The smallest absolute Gasteiger partial charge is 0.344 e. The Hall–Kier alpha value is -3.94. The third-order valence-electron chi connectivity index (χ3n) is 4.33. The number of para-hydroxylation sites is 2. The fraction of sp³-hybridized carbons (Fsp3) is 0.143. The number of carboxylic acid groups (broad SMARTS) is 1. The molecule has 0 aliphatic carbocycles. The third kappa shape index (κ3) is 4.01. The first-order chi connectivity index (χ1) is 13.8. The van der Waals surface area contributed by atoms with Gasteiger partial charge in [-0.05, 0) is 37.6 Å². The van der Waals surface area contributed by atoms with Gasteiger partial charge in [0.25, 0.3) is 11.8 Å². The number of aryl methyl sites for hydroxylation is 1. The molecule has 0 spiro atoms. The Labute approximate surface area is 166 Å². The average Bonchev–Trinajstić information content (AvgIpc) is 2.67. The van der Waals surface area contributed by atoms with Crippen molar-refractivity contribution in [1.29, 1.82) is 0 Å². The van der Waals surface area contributed by atoms with Crippen molar-refractivity contribution < 1.29 is 29.0 Å². The van der Waals surface area contributed by atoms with Crippen molar-refractivity contribution in [2.24, 2.45) is 0 Å². The lowest BCUT2D eigenvalue weighted by Gasteiger charge is -2.27. The number of carboxylic acids is 1. The summed E-state index contributed by atoms with van der Waals surface area (Å²) in [5, 5.41) is 11.2. The number of hydrogen-bond donors (Lipinski definition) is 2. The fourth-order valence-electron chi connectivity index (χ4n) is 2.79. The van der Waals surface area contributed by atoms with Gasteiger partial charge in [0, 0.05) is 5.56 Å². The molecule has 8 nitrogen and oxygen atoms in total. The largest absolute Gasteiger partial charge is 0.479 e. The highest BCUT2D eigenvalue weighted by Crippen LogP contribution is 2.27. The van der Waals surface area contributed by atoms with Crippen LogP contribution in [-0.2, 0) is 14.4 Å². The van der Waals surface area contributed by atoms with Crippen LogP contribution in [0.5, 0.6) is 5.75 Å². The maximum atomic E-state index is 13.0. The normalized spacial score (nSPS) is 16.6. The predicted octanol–water partition coefficient (Wildman–Crippen LogP) is 2.51. The summed E-state index contributed by atoms with van der Waals surface area (Å²) in [7, 11) is 0. The van der Waals surface area contributed by atoms with Crippen molar-refractivity contribution in [3.05, 3.63) is 65.2 Å². The van der Waals surface area contributed by atoms with Crippen molar-refractivity contribution in [1.82, 2.24) is 5.32 Å². The SMILES string of the molecule is Cc1ccccc1N1C(=O)NC(=O)/C(=C\c2ccccc2O[C@@H](C)C(=O)O)C1=O. The molecule has 2 N–H and O–H groups in total. The molecule has 1 heterocycles. The number of anilines is 1. The van der Waals surface area contributed by atoms with Crippen LogP contribution in [0.15, 0.2) is 54.1 Å². The first-order valence-corrected chi connectivity index (χ1v) is 8.75. The summed E-state index contributed by atoms with van der Waals surface area (Å²) < 4.78 is 5.40. The lowest BCUT2D eigenvalue weighted by molar-refractivity contribution is -0.144. The number of nitrogens with zero attached hydrogens (tertiary/aromatic N) is 1. The number of rotatable bonds is 5. The molecular formula is C21H18N2O6. The zero-order chi connectivity index (χ0) is 21.1. The number of imide groups is 2. The summed E-state index contributed by atoms with van der Waals surface area (Å²) >= 11 is 0. The van der Waals surface area contributed by atoms with Gasteiger partial charge in [-0.25, -0.2) is 14.5 Å². The number of nitrogens with one attached hydrogen (secondary N) is 1. The summed E-state index contributed by atoms with van der Waals surface area (Å²) in [6, 6.07) is 12.3. The van der Waals surface area contributed by atoms with Crippen LogP contribution in [0.2, 0.25) is 0 Å². The molecule has 8 heteroatoms. The van der Waals surface area contributed by atoms with Gasteiger partial charge in [0.2, 0.25) is 0 Å². The van der Waals surface area contributed by atoms with Gasteiger partial charge in [0.15, 0.2) is 6.10 Å². The van der Waals surface area contributed by atoms with Gasteiger partial charge >= 0.3 is 12.0 Å². The standard InChI is InChI=1S/C21H18N2O6/c1-12-7-3-5-9-16(12)23-19(25)15(18(24)22-21(23)28)11-14-8-4-6-10-17(14)29-13(2)20(26)27/h3-11,13H,1-2H3,(H,26,27)(H,22,24,28)/b15-11+/t13-/m0/s1. The molecule has 2 aromatic rings. The Morgan fingerprint density at radius 2 is 1.76 bits per heavy atom. The molecule has 3 rings (SSSR count). The summed E-state index contributed by atoms with van der Waals surface area (Å²) in [5.74, 6) is -2.59. The van der Waals surface area contributed by atoms with Gasteiger partial charge in [0.1, 0.15) is 11.3 Å². The van der Waals surface area contributed by atoms with E-state index in [4.69, 9.17) is 9.84 Å². The van der Waals surface area contributed by atoms with E-state index in [0.717, 1.165) is 4.90 Å². The van der Waals surface area contributed by atoms with E-state index < -0.39 is 29.9 Å². The lowest BCUT2D eigenvalue weighted by atomic mass is 10.0. The Morgan fingerprint density at radius 3 is 2.45 bits per heavy atom. The van der Waals surface area contributed by atoms with Gasteiger partial charge in [-0.15, -0.1) is 0 Å². The molecule has 4 amide bonds. The van der Waals surface area contributed by atoms with Gasteiger partial charge in [-0.2, -0.15) is 0 Å². The van der Waals surface area contributed by atoms with Crippen LogP contribution in [0, 0.1) is 6.92 Å². The van der Waals surface area contributed by atoms with Crippen LogP contribution < -0.4 is 15.0 Å². The molecule has 1 saturated heterocycles. The van der Waals surface area contributed by atoms with Gasteiger partial charge < -0.3 is 9.84 Å². The molecule has 0 radical (unpaired) electrons. The molecule has 1 fully saturated rings. The molecule has 0 aromatic heterocycles. The molecule has 1 aliphatic heterocycles. The highest BCUT2D eigenvalue weighted by atomic mass is 16.5. The number of barbiturate groups is 1. The summed E-state index contributed by atoms with van der Waals surface area (Å²) in [6.07, 6.45) is 0.148. The molecule has 1 aliphatic rings. The second-order valence-corrected chi connectivity index (χ2v) is 6.38. The van der Waals surface area contributed by atoms with Crippen LogP contribution in [0.4, 0.5) is 10.5 Å². The Kier molecular flexibility index (Phi) is 5.45. The third-order valence-corrected chi connectivity index (χ3v) is 4.33. The maximum Gasteiger partial charge on any atom is 0.344 e. The van der Waals surface area contributed by atoms with E-state index in [-0.39, 0.29) is 11.3 Å². The molecule has 0 bridgehead atoms. The minimum Gasteiger partial charge on any atom is -0.479 e. The molecule has 148 valence electrons. The maximum absolute atomic E-state index is 13.0. The topological polar surface area (TPSA) is 113 Å². The zero-order valence-electron chi connectivity index (χ0n) is 15.7. The quantitative estimate of drug-likeness (QED) is 0.595. The molecule has 0 saturated carbocycles. The number of hydrogen-bond acceptors (Lipinski definition) is 5. The number of benzene rings is 2. The number of aliphatic carboxylic acids is 1. The monoisotopic (exact) mass is 394 g/mol. The highest BCUT2D eigenvalue weighted by Gasteiger charge is 2.37. The first kappa shape index (κ1) is 19.8. The van der Waals surface area contributed by atoms with Crippen LogP contribution in [0.3, 0.4) is 0 Å². The Balaban J connectivity index is 2.02. The van der Waals surface area contributed by atoms with Gasteiger partial charge in [-0.1, -0.05) is 36.4 Å². The second-order valence-electron chi connectivity index (χ2n) is 6.38.